The molecule has 0 amide bonds. The van der Waals surface area contributed by atoms with Gasteiger partial charge in [0, 0.05) is 18.5 Å². The van der Waals surface area contributed by atoms with Crippen LogP contribution in [0.4, 0.5) is 5.82 Å². The summed E-state index contributed by atoms with van der Waals surface area (Å²) in [5.41, 5.74) is 0. The molecule has 1 heterocycles. The van der Waals surface area contributed by atoms with E-state index in [0.717, 1.165) is 34.5 Å². The van der Waals surface area contributed by atoms with Crippen LogP contribution in [0.2, 0.25) is 0 Å². The summed E-state index contributed by atoms with van der Waals surface area (Å²) in [6.07, 6.45) is 4.71. The van der Waals surface area contributed by atoms with E-state index in [1.54, 1.807) is 0 Å². The molecule has 1 aromatic rings. The van der Waals surface area contributed by atoms with Crippen LogP contribution in [0, 0.1) is 11.8 Å². The highest BCUT2D eigenvalue weighted by Gasteiger charge is 2.24. The number of rotatable bonds is 3. The van der Waals surface area contributed by atoms with Gasteiger partial charge in [-0.2, -0.15) is 0 Å². The average Bonchev–Trinajstić information content (AvgIpc) is 2.26. The van der Waals surface area contributed by atoms with Crippen LogP contribution in [-0.4, -0.2) is 16.0 Å². The lowest BCUT2D eigenvalue weighted by Gasteiger charge is -2.32. The Hall–Kier alpha value is -0.640. The molecule has 0 saturated heterocycles. The molecule has 1 aliphatic rings. The quantitative estimate of drug-likeness (QED) is 0.856. The minimum absolute atomic E-state index is 0.551. The monoisotopic (exact) mass is 311 g/mol. The maximum atomic E-state index is 4.54. The fourth-order valence-corrected chi connectivity index (χ4v) is 3.39. The van der Waals surface area contributed by atoms with Crippen molar-refractivity contribution in [3.8, 4) is 0 Å². The summed E-state index contributed by atoms with van der Waals surface area (Å²) >= 11 is 3.45. The van der Waals surface area contributed by atoms with Crippen molar-refractivity contribution in [1.82, 2.24) is 9.97 Å². The molecule has 0 radical (unpaired) electrons. The van der Waals surface area contributed by atoms with Crippen molar-refractivity contribution >= 4 is 21.7 Å². The minimum Gasteiger partial charge on any atom is -0.367 e. The zero-order chi connectivity index (χ0) is 13.1. The lowest BCUT2D eigenvalue weighted by atomic mass is 9.80. The summed E-state index contributed by atoms with van der Waals surface area (Å²) in [6.45, 7) is 6.77. The van der Waals surface area contributed by atoms with Gasteiger partial charge >= 0.3 is 0 Å². The van der Waals surface area contributed by atoms with Crippen LogP contribution in [0.1, 0.15) is 45.9 Å². The number of nitrogens with one attached hydrogen (secondary N) is 1. The highest BCUT2D eigenvalue weighted by atomic mass is 79.9. The van der Waals surface area contributed by atoms with E-state index in [1.165, 1.54) is 19.3 Å². The third-order valence-electron chi connectivity index (χ3n) is 3.59. The van der Waals surface area contributed by atoms with Crippen molar-refractivity contribution < 1.29 is 0 Å². The summed E-state index contributed by atoms with van der Waals surface area (Å²) in [7, 11) is 0. The van der Waals surface area contributed by atoms with Crippen LogP contribution < -0.4 is 5.32 Å². The van der Waals surface area contributed by atoms with Crippen LogP contribution >= 0.6 is 15.9 Å². The number of aromatic nitrogens is 2. The van der Waals surface area contributed by atoms with Crippen LogP contribution in [0.3, 0.4) is 0 Å². The van der Waals surface area contributed by atoms with Gasteiger partial charge < -0.3 is 5.32 Å². The number of anilines is 1. The predicted octanol–water partition coefficient (Wildman–Crippen LogP) is 4.04. The van der Waals surface area contributed by atoms with Crippen molar-refractivity contribution in [1.29, 1.82) is 0 Å². The Labute approximate surface area is 118 Å². The molecule has 0 aliphatic heterocycles. The van der Waals surface area contributed by atoms with Gasteiger partial charge in [0.1, 0.15) is 16.2 Å². The number of halogens is 1. The number of aryl methyl sites for hydroxylation is 1. The number of hydrogen-bond acceptors (Lipinski definition) is 3. The Balaban J connectivity index is 2.06. The largest absolute Gasteiger partial charge is 0.367 e. The summed E-state index contributed by atoms with van der Waals surface area (Å²) in [5.74, 6) is 3.47. The molecule has 2 unspecified atom stereocenters. The average molecular weight is 312 g/mol. The smallest absolute Gasteiger partial charge is 0.131 e. The third-order valence-corrected chi connectivity index (χ3v) is 3.99. The van der Waals surface area contributed by atoms with E-state index in [9.17, 15) is 0 Å². The number of nitrogens with zero attached hydrogens (tertiary/aromatic N) is 2. The lowest BCUT2D eigenvalue weighted by Crippen LogP contribution is -2.30. The van der Waals surface area contributed by atoms with Gasteiger partial charge in [0.05, 0.1) is 0 Å². The maximum absolute atomic E-state index is 4.54. The van der Waals surface area contributed by atoms with E-state index < -0.39 is 0 Å². The molecular formula is C14H22BrN3. The molecule has 4 heteroatoms. The Morgan fingerprint density at radius 3 is 2.50 bits per heavy atom. The normalized spacial score (nSPS) is 28.1. The first kappa shape index (κ1) is 13.8. The Kier molecular flexibility index (Phi) is 4.60. The first-order valence-corrected chi connectivity index (χ1v) is 7.66. The SMILES string of the molecule is CCc1nc(Br)cc(NC2CC(C)CC(C)C2)n1. The van der Waals surface area contributed by atoms with Crippen molar-refractivity contribution in [3.63, 3.8) is 0 Å². The molecule has 1 aromatic heterocycles. The Bertz CT molecular complexity index is 398. The topological polar surface area (TPSA) is 37.8 Å². The minimum atomic E-state index is 0.551. The van der Waals surface area contributed by atoms with E-state index >= 15 is 0 Å². The van der Waals surface area contributed by atoms with Crippen molar-refractivity contribution in [2.24, 2.45) is 11.8 Å². The first-order chi connectivity index (χ1) is 8.56. The summed E-state index contributed by atoms with van der Waals surface area (Å²) in [4.78, 5) is 8.88. The molecule has 2 atom stereocenters. The fourth-order valence-electron chi connectivity index (χ4n) is 2.97. The van der Waals surface area contributed by atoms with Crippen LogP contribution in [0.25, 0.3) is 0 Å². The lowest BCUT2D eigenvalue weighted by molar-refractivity contribution is 0.280. The van der Waals surface area contributed by atoms with Crippen LogP contribution in [0.15, 0.2) is 10.7 Å². The molecule has 1 N–H and O–H groups in total. The molecule has 1 saturated carbocycles. The molecule has 1 fully saturated rings. The van der Waals surface area contributed by atoms with Gasteiger partial charge in [-0.05, 0) is 47.0 Å². The van der Waals surface area contributed by atoms with Crippen molar-refractivity contribution in [3.05, 3.63) is 16.5 Å². The molecule has 0 bridgehead atoms. The summed E-state index contributed by atoms with van der Waals surface area (Å²) < 4.78 is 0.869. The van der Waals surface area contributed by atoms with E-state index in [0.29, 0.717) is 6.04 Å². The Morgan fingerprint density at radius 2 is 1.89 bits per heavy atom. The summed E-state index contributed by atoms with van der Waals surface area (Å²) in [6, 6.07) is 2.53. The second-order valence-corrected chi connectivity index (χ2v) is 6.42. The zero-order valence-electron chi connectivity index (χ0n) is 11.4. The highest BCUT2D eigenvalue weighted by molar-refractivity contribution is 9.10. The zero-order valence-corrected chi connectivity index (χ0v) is 13.0. The van der Waals surface area contributed by atoms with E-state index in [4.69, 9.17) is 0 Å². The Morgan fingerprint density at radius 1 is 1.22 bits per heavy atom. The van der Waals surface area contributed by atoms with Gasteiger partial charge in [-0.1, -0.05) is 20.8 Å². The molecule has 0 spiro atoms. The van der Waals surface area contributed by atoms with E-state index in [1.807, 2.05) is 6.07 Å². The highest BCUT2D eigenvalue weighted by Crippen LogP contribution is 2.30. The predicted molar refractivity (Wildman–Crippen MR) is 78.7 cm³/mol. The fraction of sp³-hybridized carbons (Fsp3) is 0.714. The molecule has 2 rings (SSSR count). The van der Waals surface area contributed by atoms with Gasteiger partial charge in [0.2, 0.25) is 0 Å². The van der Waals surface area contributed by atoms with Crippen molar-refractivity contribution in [2.45, 2.75) is 52.5 Å². The molecule has 1 aliphatic carbocycles. The third kappa shape index (κ3) is 3.67. The molecule has 100 valence electrons. The van der Waals surface area contributed by atoms with Gasteiger partial charge in [-0.15, -0.1) is 0 Å². The molecule has 3 nitrogen and oxygen atoms in total. The second kappa shape index (κ2) is 6.00. The van der Waals surface area contributed by atoms with Gasteiger partial charge in [-0.25, -0.2) is 9.97 Å². The first-order valence-electron chi connectivity index (χ1n) is 6.86. The molecular weight excluding hydrogens is 290 g/mol. The summed E-state index contributed by atoms with van der Waals surface area (Å²) in [5, 5.41) is 3.58. The standard InChI is InChI=1S/C14H22BrN3/c1-4-13-17-12(15)8-14(18-13)16-11-6-9(2)5-10(3)7-11/h8-11H,4-7H2,1-3H3,(H,16,17,18). The van der Waals surface area contributed by atoms with Crippen LogP contribution in [0.5, 0.6) is 0 Å². The number of hydrogen-bond donors (Lipinski definition) is 1. The van der Waals surface area contributed by atoms with Gasteiger partial charge in [0.15, 0.2) is 0 Å². The maximum Gasteiger partial charge on any atom is 0.131 e. The van der Waals surface area contributed by atoms with Gasteiger partial charge in [-0.3, -0.25) is 0 Å². The van der Waals surface area contributed by atoms with E-state index in [2.05, 4.69) is 52.0 Å². The molecule has 0 aromatic carbocycles. The van der Waals surface area contributed by atoms with Crippen LogP contribution in [-0.2, 0) is 6.42 Å². The van der Waals surface area contributed by atoms with Gasteiger partial charge in [0.25, 0.3) is 0 Å². The van der Waals surface area contributed by atoms with Crippen molar-refractivity contribution in [2.75, 3.05) is 5.32 Å². The second-order valence-electron chi connectivity index (χ2n) is 5.60. The van der Waals surface area contributed by atoms with E-state index in [-0.39, 0.29) is 0 Å². The molecule has 18 heavy (non-hydrogen) atoms.